The average molecular weight is 449 g/mol. The molecule has 2 atom stereocenters. The molecule has 174 valence electrons. The Morgan fingerprint density at radius 1 is 1.24 bits per heavy atom. The summed E-state index contributed by atoms with van der Waals surface area (Å²) in [5.74, 6) is -0.186. The number of rotatable bonds is 6. The van der Waals surface area contributed by atoms with Gasteiger partial charge in [0.15, 0.2) is 0 Å². The highest BCUT2D eigenvalue weighted by molar-refractivity contribution is 5.92. The van der Waals surface area contributed by atoms with Crippen molar-refractivity contribution in [3.8, 4) is 11.1 Å². The molecule has 1 aromatic heterocycles. The predicted molar refractivity (Wildman–Crippen MR) is 126 cm³/mol. The van der Waals surface area contributed by atoms with Crippen LogP contribution in [0.15, 0.2) is 48.8 Å². The minimum atomic E-state index is -0.737. The summed E-state index contributed by atoms with van der Waals surface area (Å²) in [6.45, 7) is 4.86. The number of pyridine rings is 1. The number of carbonyl (C=O) groups excluding carboxylic acids is 3. The van der Waals surface area contributed by atoms with Crippen LogP contribution in [0.3, 0.4) is 0 Å². The maximum atomic E-state index is 13.6. The van der Waals surface area contributed by atoms with Gasteiger partial charge in [-0.15, -0.1) is 0 Å². The summed E-state index contributed by atoms with van der Waals surface area (Å²) in [5, 5.41) is 5.89. The lowest BCUT2D eigenvalue weighted by atomic mass is 9.73. The van der Waals surface area contributed by atoms with Gasteiger partial charge in [0.1, 0.15) is 6.04 Å². The number of hydrogen-bond acceptors (Lipinski definition) is 4. The molecule has 2 saturated heterocycles. The maximum absolute atomic E-state index is 13.6. The number of likely N-dealkylation sites (tertiary alicyclic amines) is 1. The summed E-state index contributed by atoms with van der Waals surface area (Å²) in [7, 11) is 0. The van der Waals surface area contributed by atoms with Gasteiger partial charge >= 0.3 is 0 Å². The molecule has 33 heavy (non-hydrogen) atoms. The van der Waals surface area contributed by atoms with Crippen LogP contribution in [0.5, 0.6) is 0 Å². The third-order valence-electron chi connectivity index (χ3n) is 6.60. The SMILES string of the molecule is CC(C)NC(=O)[C@@]1(Cc2ccccc2-c2cccnc2)CCCN(C(=O)[C@@H]2CCC(=O)N2)C1. The fraction of sp³-hybridized carbons (Fsp3) is 0.462. The van der Waals surface area contributed by atoms with Crippen LogP contribution in [0.4, 0.5) is 0 Å². The molecule has 2 aromatic rings. The summed E-state index contributed by atoms with van der Waals surface area (Å²) in [4.78, 5) is 44.5. The number of aromatic nitrogens is 1. The molecule has 3 amide bonds. The van der Waals surface area contributed by atoms with Crippen molar-refractivity contribution in [2.45, 2.75) is 58.0 Å². The van der Waals surface area contributed by atoms with E-state index in [4.69, 9.17) is 0 Å². The van der Waals surface area contributed by atoms with E-state index >= 15 is 0 Å². The second-order valence-corrected chi connectivity index (χ2v) is 9.51. The Morgan fingerprint density at radius 2 is 2.06 bits per heavy atom. The van der Waals surface area contributed by atoms with E-state index in [0.29, 0.717) is 38.8 Å². The summed E-state index contributed by atoms with van der Waals surface area (Å²) in [5.41, 5.74) is 2.38. The molecule has 7 nitrogen and oxygen atoms in total. The first-order chi connectivity index (χ1) is 15.9. The molecule has 0 aliphatic carbocycles. The summed E-state index contributed by atoms with van der Waals surface area (Å²) < 4.78 is 0. The van der Waals surface area contributed by atoms with Gasteiger partial charge in [-0.1, -0.05) is 30.3 Å². The highest BCUT2D eigenvalue weighted by atomic mass is 16.2. The standard InChI is InChI=1S/C26H32N4O3/c1-18(2)28-25(33)26(12-6-14-30(17-26)24(32)22-10-11-23(31)29-22)15-19-7-3-4-9-21(19)20-8-5-13-27-16-20/h3-5,7-9,13,16,18,22H,6,10-12,14-15,17H2,1-2H3,(H,28,33)(H,29,31)/t22-,26+/m0/s1. The van der Waals surface area contributed by atoms with Gasteiger partial charge in [-0.05, 0) is 56.7 Å². The highest BCUT2D eigenvalue weighted by Crippen LogP contribution is 2.37. The molecule has 0 radical (unpaired) electrons. The van der Waals surface area contributed by atoms with Crippen LogP contribution < -0.4 is 10.6 Å². The molecule has 0 bridgehead atoms. The second-order valence-electron chi connectivity index (χ2n) is 9.51. The molecule has 1 aromatic carbocycles. The van der Waals surface area contributed by atoms with E-state index in [1.54, 1.807) is 11.1 Å². The first-order valence-corrected chi connectivity index (χ1v) is 11.8. The molecule has 7 heteroatoms. The van der Waals surface area contributed by atoms with Gasteiger partial charge in [-0.3, -0.25) is 19.4 Å². The van der Waals surface area contributed by atoms with Crippen LogP contribution in [0.25, 0.3) is 11.1 Å². The molecule has 3 heterocycles. The third kappa shape index (κ3) is 5.07. The summed E-state index contributed by atoms with van der Waals surface area (Å²) in [6.07, 6.45) is 6.44. The van der Waals surface area contributed by atoms with Gasteiger partial charge in [0.25, 0.3) is 0 Å². The lowest BCUT2D eigenvalue weighted by molar-refractivity contribution is -0.143. The summed E-state index contributed by atoms with van der Waals surface area (Å²) >= 11 is 0. The Balaban J connectivity index is 1.65. The smallest absolute Gasteiger partial charge is 0.245 e. The largest absolute Gasteiger partial charge is 0.353 e. The van der Waals surface area contributed by atoms with E-state index in [2.05, 4.69) is 27.8 Å². The first kappa shape index (κ1) is 23.0. The molecule has 0 spiro atoms. The van der Waals surface area contributed by atoms with Gasteiger partial charge in [0.2, 0.25) is 17.7 Å². The van der Waals surface area contributed by atoms with Gasteiger partial charge < -0.3 is 15.5 Å². The topological polar surface area (TPSA) is 91.4 Å². The quantitative estimate of drug-likeness (QED) is 0.711. The normalized spacial score (nSPS) is 22.8. The fourth-order valence-corrected chi connectivity index (χ4v) is 5.01. The van der Waals surface area contributed by atoms with E-state index in [9.17, 15) is 14.4 Å². The Labute approximate surface area is 195 Å². The monoisotopic (exact) mass is 448 g/mol. The molecule has 2 N–H and O–H groups in total. The number of piperidine rings is 1. The number of carbonyl (C=O) groups is 3. The maximum Gasteiger partial charge on any atom is 0.245 e. The second kappa shape index (κ2) is 9.73. The van der Waals surface area contributed by atoms with Crippen molar-refractivity contribution < 1.29 is 14.4 Å². The van der Waals surface area contributed by atoms with Crippen LogP contribution in [0.1, 0.15) is 45.1 Å². The molecule has 0 saturated carbocycles. The van der Waals surface area contributed by atoms with Crippen molar-refractivity contribution in [3.63, 3.8) is 0 Å². The summed E-state index contributed by atoms with van der Waals surface area (Å²) in [6, 6.07) is 11.5. The van der Waals surface area contributed by atoms with Gasteiger partial charge in [0, 0.05) is 43.5 Å². The number of benzene rings is 1. The zero-order valence-electron chi connectivity index (χ0n) is 19.3. The third-order valence-corrected chi connectivity index (χ3v) is 6.60. The van der Waals surface area contributed by atoms with Crippen LogP contribution in [-0.4, -0.2) is 52.8 Å². The van der Waals surface area contributed by atoms with Crippen LogP contribution >= 0.6 is 0 Å². The van der Waals surface area contributed by atoms with Crippen LogP contribution in [0.2, 0.25) is 0 Å². The first-order valence-electron chi connectivity index (χ1n) is 11.8. The number of nitrogens with zero attached hydrogens (tertiary/aromatic N) is 2. The lowest BCUT2D eigenvalue weighted by Crippen LogP contribution is -2.57. The van der Waals surface area contributed by atoms with Crippen molar-refractivity contribution in [2.24, 2.45) is 5.41 Å². The fourth-order valence-electron chi connectivity index (χ4n) is 5.01. The predicted octanol–water partition coefficient (Wildman–Crippen LogP) is 2.70. The van der Waals surface area contributed by atoms with Crippen molar-refractivity contribution in [1.29, 1.82) is 0 Å². The zero-order chi connectivity index (χ0) is 23.4. The van der Waals surface area contributed by atoms with E-state index in [1.165, 1.54) is 0 Å². The van der Waals surface area contributed by atoms with Crippen molar-refractivity contribution in [1.82, 2.24) is 20.5 Å². The molecule has 4 rings (SSSR count). The van der Waals surface area contributed by atoms with Crippen molar-refractivity contribution in [3.05, 3.63) is 54.4 Å². The van der Waals surface area contributed by atoms with Crippen molar-refractivity contribution in [2.75, 3.05) is 13.1 Å². The number of nitrogens with one attached hydrogen (secondary N) is 2. The van der Waals surface area contributed by atoms with Crippen LogP contribution in [0, 0.1) is 5.41 Å². The molecule has 2 fully saturated rings. The van der Waals surface area contributed by atoms with Gasteiger partial charge in [-0.2, -0.15) is 0 Å². The van der Waals surface area contributed by atoms with E-state index in [1.807, 2.05) is 44.3 Å². The van der Waals surface area contributed by atoms with Gasteiger partial charge in [0.05, 0.1) is 5.41 Å². The average Bonchev–Trinajstić information content (AvgIpc) is 3.25. The Kier molecular flexibility index (Phi) is 6.77. The number of amides is 3. The lowest BCUT2D eigenvalue weighted by Gasteiger charge is -2.43. The molecule has 2 aliphatic rings. The van der Waals surface area contributed by atoms with E-state index in [0.717, 1.165) is 23.1 Å². The van der Waals surface area contributed by atoms with E-state index < -0.39 is 11.5 Å². The number of hydrogen-bond donors (Lipinski definition) is 2. The Bertz CT molecular complexity index is 1020. The molecule has 0 unspecified atom stereocenters. The highest BCUT2D eigenvalue weighted by Gasteiger charge is 2.45. The molecular formula is C26H32N4O3. The Morgan fingerprint density at radius 3 is 2.76 bits per heavy atom. The minimum Gasteiger partial charge on any atom is -0.353 e. The molecule has 2 aliphatic heterocycles. The Hall–Kier alpha value is -3.22. The minimum absolute atomic E-state index is 0.00291. The van der Waals surface area contributed by atoms with Crippen molar-refractivity contribution >= 4 is 17.7 Å². The molecular weight excluding hydrogens is 416 g/mol. The van der Waals surface area contributed by atoms with Crippen LogP contribution in [-0.2, 0) is 20.8 Å². The van der Waals surface area contributed by atoms with Gasteiger partial charge in [-0.25, -0.2) is 0 Å². The van der Waals surface area contributed by atoms with E-state index in [-0.39, 0.29) is 23.8 Å². The zero-order valence-corrected chi connectivity index (χ0v) is 19.3.